The van der Waals surface area contributed by atoms with Crippen LogP contribution in [0.2, 0.25) is 0 Å². The fourth-order valence-electron chi connectivity index (χ4n) is 14.3. The van der Waals surface area contributed by atoms with Gasteiger partial charge in [-0.3, -0.25) is 19.3 Å². The molecular weight excluding hydrogens is 1100 g/mol. The van der Waals surface area contributed by atoms with Gasteiger partial charge < -0.3 is 29.4 Å². The summed E-state index contributed by atoms with van der Waals surface area (Å²) in [6, 6.07) is 30.0. The van der Waals surface area contributed by atoms with E-state index in [0.29, 0.717) is 60.9 Å². The Labute approximate surface area is 520 Å². The van der Waals surface area contributed by atoms with Crippen molar-refractivity contribution in [2.75, 3.05) is 19.8 Å². The van der Waals surface area contributed by atoms with Gasteiger partial charge in [0, 0.05) is 34.9 Å². The number of amides is 1. The van der Waals surface area contributed by atoms with Crippen LogP contribution in [0.3, 0.4) is 0 Å². The van der Waals surface area contributed by atoms with Gasteiger partial charge >= 0.3 is 23.9 Å². The SMILES string of the molecule is CC(C)=CCC/C(C)=C/CC/C(C)=C/CC/C(C)=C/Cc1c(O)c(C)c(C)c(OC(=O)[C@@]23CC[C@@](C)(C(=O)O2)C3(C)C)c1CN1CCC[C@@H]1C(=O)N[C@H](CC(=O)OCC1c2ccccc2-c2ccccc21)C(=O)OCC1c2ccccc2-c2ccccc21. The molecule has 12 heteroatoms. The number of nitrogens with one attached hydrogen (secondary N) is 1. The van der Waals surface area contributed by atoms with E-state index in [1.54, 1.807) is 13.8 Å². The third-order valence-electron chi connectivity index (χ3n) is 20.3. The Balaban J connectivity index is 0.905. The zero-order valence-electron chi connectivity index (χ0n) is 53.2. The summed E-state index contributed by atoms with van der Waals surface area (Å²) >= 11 is 0. The van der Waals surface area contributed by atoms with E-state index in [1.165, 1.54) is 16.7 Å². The maximum atomic E-state index is 15.1. The van der Waals surface area contributed by atoms with Crippen LogP contribution in [0, 0.1) is 24.7 Å². The molecule has 2 heterocycles. The van der Waals surface area contributed by atoms with Crippen LogP contribution in [0.25, 0.3) is 22.3 Å². The molecule has 2 bridgehead atoms. The van der Waals surface area contributed by atoms with Gasteiger partial charge in [0.25, 0.3) is 0 Å². The van der Waals surface area contributed by atoms with Gasteiger partial charge in [-0.2, -0.15) is 0 Å². The quantitative estimate of drug-likeness (QED) is 0.0262. The molecule has 88 heavy (non-hydrogen) atoms. The smallest absolute Gasteiger partial charge is 0.356 e. The maximum absolute atomic E-state index is 15.1. The molecule has 1 amide bonds. The van der Waals surface area contributed by atoms with Gasteiger partial charge in [0.15, 0.2) is 0 Å². The molecule has 5 aromatic carbocycles. The van der Waals surface area contributed by atoms with Gasteiger partial charge in [-0.15, -0.1) is 0 Å². The van der Waals surface area contributed by atoms with Crippen molar-refractivity contribution in [2.45, 2.75) is 182 Å². The van der Waals surface area contributed by atoms with Gasteiger partial charge in [0.1, 0.15) is 30.8 Å². The van der Waals surface area contributed by atoms with E-state index in [-0.39, 0.29) is 43.1 Å². The second-order valence-electron chi connectivity index (χ2n) is 26.4. The summed E-state index contributed by atoms with van der Waals surface area (Å²) in [5.74, 6) is -3.18. The molecule has 2 aliphatic heterocycles. The zero-order valence-corrected chi connectivity index (χ0v) is 53.2. The second kappa shape index (κ2) is 26.5. The average Bonchev–Trinajstić information content (AvgIpc) is 1.52. The minimum atomic E-state index is -1.53. The third kappa shape index (κ3) is 12.5. The van der Waals surface area contributed by atoms with Crippen molar-refractivity contribution >= 4 is 29.8 Å². The second-order valence-corrected chi connectivity index (χ2v) is 26.4. The highest BCUT2D eigenvalue weighted by Crippen LogP contribution is 2.66. The Kier molecular flexibility index (Phi) is 19.0. The van der Waals surface area contributed by atoms with E-state index in [1.807, 2.05) is 98.5 Å². The van der Waals surface area contributed by atoms with Gasteiger partial charge in [0.2, 0.25) is 11.5 Å². The molecule has 0 unspecified atom stereocenters. The van der Waals surface area contributed by atoms with E-state index in [4.69, 9.17) is 18.9 Å². The summed E-state index contributed by atoms with van der Waals surface area (Å²) in [6.07, 6.45) is 16.5. The highest BCUT2D eigenvalue weighted by molar-refractivity contribution is 5.95. The lowest BCUT2D eigenvalue weighted by Crippen LogP contribution is -2.51. The largest absolute Gasteiger partial charge is 0.507 e. The number of nitrogens with zero attached hydrogens (tertiary/aromatic N) is 1. The van der Waals surface area contributed by atoms with Gasteiger partial charge in [-0.1, -0.05) is 158 Å². The summed E-state index contributed by atoms with van der Waals surface area (Å²) in [5.41, 5.74) is 12.5. The summed E-state index contributed by atoms with van der Waals surface area (Å²) in [6.45, 7) is 20.5. The van der Waals surface area contributed by atoms with Crippen LogP contribution >= 0.6 is 0 Å². The van der Waals surface area contributed by atoms with Crippen molar-refractivity contribution in [3.05, 3.63) is 188 Å². The predicted molar refractivity (Wildman–Crippen MR) is 345 cm³/mol. The Hall–Kier alpha value is -7.83. The topological polar surface area (TPSA) is 158 Å². The van der Waals surface area contributed by atoms with Crippen molar-refractivity contribution in [2.24, 2.45) is 10.8 Å². The number of carbonyl (C=O) groups excluding carboxylic acids is 5. The fourth-order valence-corrected chi connectivity index (χ4v) is 14.3. The molecule has 0 radical (unpaired) electrons. The number of phenolic OH excluding ortho intramolecular Hbond substituents is 1. The minimum Gasteiger partial charge on any atom is -0.507 e. The van der Waals surface area contributed by atoms with Crippen LogP contribution in [0.1, 0.15) is 182 Å². The molecular formula is C76H88N2O10. The normalized spacial score (nSPS) is 20.6. The van der Waals surface area contributed by atoms with E-state index in [0.717, 1.165) is 88.6 Å². The van der Waals surface area contributed by atoms with Crippen LogP contribution in [-0.2, 0) is 51.1 Å². The number of ether oxygens (including phenoxy) is 4. The van der Waals surface area contributed by atoms with Crippen LogP contribution in [0.5, 0.6) is 11.5 Å². The minimum absolute atomic E-state index is 0.0176. The zero-order chi connectivity index (χ0) is 62.7. The molecule has 462 valence electrons. The Morgan fingerprint density at radius 1 is 0.670 bits per heavy atom. The first-order valence-corrected chi connectivity index (χ1v) is 31.8. The summed E-state index contributed by atoms with van der Waals surface area (Å²) < 4.78 is 24.9. The highest BCUT2D eigenvalue weighted by atomic mass is 16.6. The molecule has 1 saturated carbocycles. The van der Waals surface area contributed by atoms with Crippen molar-refractivity contribution in [1.29, 1.82) is 0 Å². The van der Waals surface area contributed by atoms with Crippen LogP contribution < -0.4 is 10.1 Å². The molecule has 12 nitrogen and oxygen atoms in total. The van der Waals surface area contributed by atoms with E-state index in [9.17, 15) is 24.3 Å². The predicted octanol–water partition coefficient (Wildman–Crippen LogP) is 15.3. The molecule has 4 atom stereocenters. The Morgan fingerprint density at radius 3 is 1.67 bits per heavy atom. The van der Waals surface area contributed by atoms with E-state index in [2.05, 4.69) is 88.5 Å². The van der Waals surface area contributed by atoms with Gasteiger partial charge in [0.05, 0.1) is 17.9 Å². The molecule has 2 N–H and O–H groups in total. The first kappa shape index (κ1) is 63.2. The maximum Gasteiger partial charge on any atom is 0.356 e. The first-order chi connectivity index (χ1) is 42.1. The fraction of sp³-hybridized carbons (Fsp3) is 0.434. The summed E-state index contributed by atoms with van der Waals surface area (Å²) in [7, 11) is 0. The van der Waals surface area contributed by atoms with Crippen molar-refractivity contribution in [3.8, 4) is 33.8 Å². The number of fused-ring (bicyclic) bond motifs is 8. The van der Waals surface area contributed by atoms with Crippen molar-refractivity contribution < 1.29 is 48.0 Å². The number of hydrogen-bond donors (Lipinski definition) is 2. The molecule has 10 rings (SSSR count). The molecule has 2 saturated heterocycles. The highest BCUT2D eigenvalue weighted by Gasteiger charge is 2.76. The number of hydrogen-bond acceptors (Lipinski definition) is 11. The number of rotatable bonds is 24. The molecule has 5 aromatic rings. The first-order valence-electron chi connectivity index (χ1n) is 31.8. The van der Waals surface area contributed by atoms with E-state index >= 15 is 4.79 Å². The third-order valence-corrected chi connectivity index (χ3v) is 20.3. The Bertz CT molecular complexity index is 3560. The standard InChI is InChI=1S/C76H88N2O10/c1-47(2)23-19-24-48(3)25-20-26-49(4)27-21-28-50(5)38-39-61-62(69(52(7)51(6)68(61)80)87-73(84)76-41-40-75(10,72(83)88-76)74(76,8)9)44-78-42-22-37-66(78)70(81)77-65(71(82)86-46-64-59-35-17-13-31-55(59)56-32-14-18-36-60(56)64)43-67(79)85-45-63-57-33-15-11-29-53(57)54-30-12-16-34-58(54)63/h11-18,23,25,27,29-36,38,63-66,80H,19-22,24,26,28,37,39-46H2,1-10H3,(H,77,81)/b48-25+,49-27+,50-38+/t65-,66-,75+,76-/m1/s1. The van der Waals surface area contributed by atoms with Gasteiger partial charge in [-0.25, -0.2) is 9.59 Å². The molecule has 0 spiro atoms. The number of likely N-dealkylation sites (tertiary alicyclic amines) is 1. The lowest BCUT2D eigenvalue weighted by atomic mass is 9.66. The molecule has 3 aliphatic carbocycles. The lowest BCUT2D eigenvalue weighted by Gasteiger charge is -2.35. The number of aromatic hydroxyl groups is 1. The average molecular weight is 1190 g/mol. The van der Waals surface area contributed by atoms with Crippen LogP contribution in [0.15, 0.2) is 144 Å². The van der Waals surface area contributed by atoms with E-state index < -0.39 is 64.7 Å². The van der Waals surface area contributed by atoms with Crippen LogP contribution in [-0.4, -0.2) is 77.2 Å². The number of phenols is 1. The number of carbonyl (C=O) groups is 5. The molecule has 0 aromatic heterocycles. The lowest BCUT2D eigenvalue weighted by molar-refractivity contribution is -0.176. The number of benzene rings is 5. The number of esters is 4. The van der Waals surface area contributed by atoms with Crippen molar-refractivity contribution in [3.63, 3.8) is 0 Å². The van der Waals surface area contributed by atoms with Gasteiger partial charge in [-0.05, 0) is 188 Å². The molecule has 5 aliphatic rings. The summed E-state index contributed by atoms with van der Waals surface area (Å²) in [4.78, 5) is 74.4. The molecule has 3 fully saturated rings. The monoisotopic (exact) mass is 1190 g/mol. The Morgan fingerprint density at radius 2 is 1.17 bits per heavy atom. The summed E-state index contributed by atoms with van der Waals surface area (Å²) in [5, 5.41) is 15.2. The van der Waals surface area contributed by atoms with Crippen LogP contribution in [0.4, 0.5) is 0 Å². The van der Waals surface area contributed by atoms with Crippen molar-refractivity contribution in [1.82, 2.24) is 10.2 Å². The number of allylic oxidation sites excluding steroid dienone is 8.